The smallest absolute Gasteiger partial charge is 0.237 e. The molecule has 0 aliphatic carbocycles. The number of rotatable bonds is 8. The summed E-state index contributed by atoms with van der Waals surface area (Å²) >= 11 is 0. The van der Waals surface area contributed by atoms with E-state index in [2.05, 4.69) is 5.32 Å². The lowest BCUT2D eigenvalue weighted by atomic mass is 10.1. The summed E-state index contributed by atoms with van der Waals surface area (Å²) in [6, 6.07) is 3.02. The fourth-order valence-electron chi connectivity index (χ4n) is 1.99. The Hall–Kier alpha value is -1.95. The van der Waals surface area contributed by atoms with Crippen LogP contribution in [0.5, 0.6) is 17.2 Å². The van der Waals surface area contributed by atoms with Crippen LogP contribution in [-0.2, 0) is 11.3 Å². The van der Waals surface area contributed by atoms with Crippen LogP contribution >= 0.6 is 0 Å². The standard InChI is InChI=1S/C15H24N2O4/c1-5-6-11(16)15(18)17-9-10-7-13(20-3)14(21-4)8-12(10)19-2/h7-8,11H,5-6,9,16H2,1-4H3,(H,17,18). The second kappa shape index (κ2) is 8.36. The Bertz CT molecular complexity index is 477. The van der Waals surface area contributed by atoms with Crippen molar-refractivity contribution in [2.24, 2.45) is 5.73 Å². The zero-order valence-corrected chi connectivity index (χ0v) is 13.1. The normalized spacial score (nSPS) is 11.7. The molecule has 1 aromatic rings. The Labute approximate surface area is 125 Å². The molecule has 0 saturated heterocycles. The van der Waals surface area contributed by atoms with Gasteiger partial charge in [0.2, 0.25) is 5.91 Å². The van der Waals surface area contributed by atoms with E-state index in [1.807, 2.05) is 6.92 Å². The van der Waals surface area contributed by atoms with Crippen molar-refractivity contribution in [2.45, 2.75) is 32.4 Å². The number of nitrogens with two attached hydrogens (primary N) is 1. The van der Waals surface area contributed by atoms with Crippen molar-refractivity contribution in [1.82, 2.24) is 5.32 Å². The Morgan fingerprint density at radius 2 is 1.71 bits per heavy atom. The maximum absolute atomic E-state index is 11.9. The van der Waals surface area contributed by atoms with E-state index in [1.54, 1.807) is 33.5 Å². The van der Waals surface area contributed by atoms with Crippen molar-refractivity contribution in [1.29, 1.82) is 0 Å². The molecule has 0 heterocycles. The van der Waals surface area contributed by atoms with E-state index < -0.39 is 6.04 Å². The molecule has 118 valence electrons. The predicted octanol–water partition coefficient (Wildman–Crippen LogP) is 1.46. The van der Waals surface area contributed by atoms with Gasteiger partial charge in [-0.3, -0.25) is 4.79 Å². The maximum Gasteiger partial charge on any atom is 0.237 e. The van der Waals surface area contributed by atoms with Crippen molar-refractivity contribution in [3.63, 3.8) is 0 Å². The lowest BCUT2D eigenvalue weighted by molar-refractivity contribution is -0.122. The van der Waals surface area contributed by atoms with Gasteiger partial charge in [-0.05, 0) is 12.5 Å². The maximum atomic E-state index is 11.9. The molecule has 3 N–H and O–H groups in total. The minimum absolute atomic E-state index is 0.173. The van der Waals surface area contributed by atoms with Gasteiger partial charge in [0.05, 0.1) is 27.4 Å². The minimum Gasteiger partial charge on any atom is -0.496 e. The third-order valence-electron chi connectivity index (χ3n) is 3.18. The first kappa shape index (κ1) is 17.1. The molecule has 0 bridgehead atoms. The van der Waals surface area contributed by atoms with E-state index in [-0.39, 0.29) is 5.91 Å². The van der Waals surface area contributed by atoms with E-state index in [0.717, 1.165) is 12.0 Å². The lowest BCUT2D eigenvalue weighted by Gasteiger charge is -2.16. The van der Waals surface area contributed by atoms with E-state index in [4.69, 9.17) is 19.9 Å². The molecule has 0 aliphatic rings. The molecule has 21 heavy (non-hydrogen) atoms. The van der Waals surface area contributed by atoms with Gasteiger partial charge in [-0.25, -0.2) is 0 Å². The third-order valence-corrected chi connectivity index (χ3v) is 3.18. The summed E-state index contributed by atoms with van der Waals surface area (Å²) in [7, 11) is 4.68. The molecule has 0 aliphatic heterocycles. The highest BCUT2D eigenvalue weighted by Crippen LogP contribution is 2.34. The van der Waals surface area contributed by atoms with E-state index >= 15 is 0 Å². The molecule has 1 atom stereocenters. The third kappa shape index (κ3) is 4.53. The van der Waals surface area contributed by atoms with Crippen molar-refractivity contribution < 1.29 is 19.0 Å². The quantitative estimate of drug-likeness (QED) is 0.759. The van der Waals surface area contributed by atoms with E-state index in [9.17, 15) is 4.79 Å². The monoisotopic (exact) mass is 296 g/mol. The Kier molecular flexibility index (Phi) is 6.81. The largest absolute Gasteiger partial charge is 0.496 e. The number of carbonyl (C=O) groups excluding carboxylic acids is 1. The van der Waals surface area contributed by atoms with Gasteiger partial charge >= 0.3 is 0 Å². The highest BCUT2D eigenvalue weighted by Gasteiger charge is 2.15. The SMILES string of the molecule is CCCC(N)C(=O)NCc1cc(OC)c(OC)cc1OC. The fourth-order valence-corrected chi connectivity index (χ4v) is 1.99. The average Bonchev–Trinajstić information content (AvgIpc) is 2.51. The number of amides is 1. The van der Waals surface area contributed by atoms with Crippen LogP contribution < -0.4 is 25.3 Å². The predicted molar refractivity (Wildman–Crippen MR) is 80.8 cm³/mol. The summed E-state index contributed by atoms with van der Waals surface area (Å²) in [6.07, 6.45) is 1.53. The van der Waals surface area contributed by atoms with Gasteiger partial charge in [-0.2, -0.15) is 0 Å². The first-order valence-corrected chi connectivity index (χ1v) is 6.89. The van der Waals surface area contributed by atoms with Crippen LogP contribution in [0.3, 0.4) is 0 Å². The van der Waals surface area contributed by atoms with Gasteiger partial charge in [-0.15, -0.1) is 0 Å². The molecular formula is C15H24N2O4. The molecule has 1 unspecified atom stereocenters. The molecule has 0 spiro atoms. The minimum atomic E-state index is -0.485. The Morgan fingerprint density at radius 1 is 1.14 bits per heavy atom. The molecular weight excluding hydrogens is 272 g/mol. The summed E-state index contributed by atoms with van der Waals surface area (Å²) in [4.78, 5) is 11.9. The number of benzene rings is 1. The second-order valence-electron chi connectivity index (χ2n) is 4.63. The summed E-state index contributed by atoms with van der Waals surface area (Å²) in [6.45, 7) is 2.31. The van der Waals surface area contributed by atoms with Gasteiger partial charge in [0.25, 0.3) is 0 Å². The lowest BCUT2D eigenvalue weighted by Crippen LogP contribution is -2.40. The number of carbonyl (C=O) groups is 1. The first-order valence-electron chi connectivity index (χ1n) is 6.89. The second-order valence-corrected chi connectivity index (χ2v) is 4.63. The topological polar surface area (TPSA) is 82.8 Å². The molecule has 0 aromatic heterocycles. The highest BCUT2D eigenvalue weighted by atomic mass is 16.5. The molecule has 0 fully saturated rings. The fraction of sp³-hybridized carbons (Fsp3) is 0.533. The van der Waals surface area contributed by atoms with Crippen LogP contribution in [0.4, 0.5) is 0 Å². The number of hydrogen-bond donors (Lipinski definition) is 2. The van der Waals surface area contributed by atoms with Crippen LogP contribution in [-0.4, -0.2) is 33.3 Å². The number of methoxy groups -OCH3 is 3. The van der Waals surface area contributed by atoms with Gasteiger partial charge in [-0.1, -0.05) is 13.3 Å². The molecule has 1 amide bonds. The highest BCUT2D eigenvalue weighted by molar-refractivity contribution is 5.81. The molecule has 6 heteroatoms. The zero-order valence-electron chi connectivity index (χ0n) is 13.1. The van der Waals surface area contributed by atoms with Gasteiger partial charge in [0.1, 0.15) is 5.75 Å². The Morgan fingerprint density at radius 3 is 2.24 bits per heavy atom. The molecule has 1 rings (SSSR count). The van der Waals surface area contributed by atoms with Gasteiger partial charge in [0, 0.05) is 18.2 Å². The first-order chi connectivity index (χ1) is 10.1. The van der Waals surface area contributed by atoms with Crippen LogP contribution in [0.2, 0.25) is 0 Å². The number of nitrogens with one attached hydrogen (secondary N) is 1. The summed E-state index contributed by atoms with van der Waals surface area (Å²) in [5, 5.41) is 2.81. The summed E-state index contributed by atoms with van der Waals surface area (Å²) in [5.41, 5.74) is 6.57. The average molecular weight is 296 g/mol. The number of hydrogen-bond acceptors (Lipinski definition) is 5. The van der Waals surface area contributed by atoms with Crippen molar-refractivity contribution >= 4 is 5.91 Å². The van der Waals surface area contributed by atoms with E-state index in [1.165, 1.54) is 0 Å². The van der Waals surface area contributed by atoms with Crippen LogP contribution in [0, 0.1) is 0 Å². The van der Waals surface area contributed by atoms with E-state index in [0.29, 0.717) is 30.2 Å². The van der Waals surface area contributed by atoms with Gasteiger partial charge < -0.3 is 25.3 Å². The summed E-state index contributed by atoms with van der Waals surface area (Å²) < 4.78 is 15.8. The molecule has 6 nitrogen and oxygen atoms in total. The Balaban J connectivity index is 2.84. The van der Waals surface area contributed by atoms with Crippen molar-refractivity contribution in [2.75, 3.05) is 21.3 Å². The van der Waals surface area contributed by atoms with Crippen LogP contribution in [0.15, 0.2) is 12.1 Å². The molecule has 0 saturated carbocycles. The van der Waals surface area contributed by atoms with Crippen LogP contribution in [0.25, 0.3) is 0 Å². The van der Waals surface area contributed by atoms with Crippen LogP contribution in [0.1, 0.15) is 25.3 Å². The molecule has 1 aromatic carbocycles. The summed E-state index contributed by atoms with van der Waals surface area (Å²) in [5.74, 6) is 1.61. The van der Waals surface area contributed by atoms with Crippen molar-refractivity contribution in [3.8, 4) is 17.2 Å². The van der Waals surface area contributed by atoms with Gasteiger partial charge in [0.15, 0.2) is 11.5 Å². The number of ether oxygens (including phenoxy) is 3. The zero-order chi connectivity index (χ0) is 15.8. The molecule has 0 radical (unpaired) electrons. The van der Waals surface area contributed by atoms with Crippen molar-refractivity contribution in [3.05, 3.63) is 17.7 Å².